The summed E-state index contributed by atoms with van der Waals surface area (Å²) in [5.74, 6) is -0.256. The molecule has 2 aromatic carbocycles. The van der Waals surface area contributed by atoms with E-state index in [9.17, 15) is 13.2 Å². The second-order valence-electron chi connectivity index (χ2n) is 8.32. The molecule has 31 heavy (non-hydrogen) atoms. The lowest BCUT2D eigenvalue weighted by molar-refractivity contribution is -0.0257. The normalized spacial score (nSPS) is 21.7. The topological polar surface area (TPSA) is 87.7 Å². The van der Waals surface area contributed by atoms with Gasteiger partial charge in [0.25, 0.3) is 5.91 Å². The summed E-state index contributed by atoms with van der Waals surface area (Å²) in [7, 11) is -3.42. The van der Waals surface area contributed by atoms with Gasteiger partial charge >= 0.3 is 0 Å². The first kappa shape index (κ1) is 23.1. The molecular weight excluding hydrogens is 414 g/mol. The number of benzene rings is 2. The molecule has 1 aliphatic heterocycles. The Morgan fingerprint density at radius 2 is 1.58 bits per heavy atom. The van der Waals surface area contributed by atoms with E-state index in [1.165, 1.54) is 0 Å². The monoisotopic (exact) mass is 445 g/mol. The quantitative estimate of drug-likeness (QED) is 0.699. The number of morpholine rings is 1. The summed E-state index contributed by atoms with van der Waals surface area (Å²) >= 11 is 0. The van der Waals surface area contributed by atoms with E-state index in [1.54, 1.807) is 38.1 Å². The van der Waals surface area contributed by atoms with E-state index in [-0.39, 0.29) is 24.2 Å². The van der Waals surface area contributed by atoms with E-state index in [0.717, 1.165) is 12.2 Å². The van der Waals surface area contributed by atoms with Gasteiger partial charge in [0.1, 0.15) is 0 Å². The van der Waals surface area contributed by atoms with Crippen molar-refractivity contribution in [3.05, 3.63) is 54.1 Å². The summed E-state index contributed by atoms with van der Waals surface area (Å²) < 4.78 is 32.3. The zero-order valence-corrected chi connectivity index (χ0v) is 19.4. The molecule has 0 radical (unpaired) electrons. The minimum atomic E-state index is -3.42. The minimum absolute atomic E-state index is 0.149. The maximum absolute atomic E-state index is 12.6. The fourth-order valence-corrected chi connectivity index (χ4v) is 4.17. The van der Waals surface area contributed by atoms with E-state index in [4.69, 9.17) is 4.74 Å². The van der Waals surface area contributed by atoms with Crippen LogP contribution in [-0.2, 0) is 14.8 Å². The second-order valence-corrected chi connectivity index (χ2v) is 10.6. The van der Waals surface area contributed by atoms with Gasteiger partial charge in [0.15, 0.2) is 0 Å². The van der Waals surface area contributed by atoms with Crippen LogP contribution in [0.3, 0.4) is 0 Å². The number of ether oxygens (including phenoxy) is 1. The number of anilines is 3. The van der Waals surface area contributed by atoms with Crippen LogP contribution < -0.4 is 14.9 Å². The van der Waals surface area contributed by atoms with Crippen LogP contribution >= 0.6 is 0 Å². The molecular formula is C23H31N3O4S. The maximum atomic E-state index is 12.6. The van der Waals surface area contributed by atoms with Gasteiger partial charge in [0, 0.05) is 29.2 Å². The fourth-order valence-electron chi connectivity index (χ4n) is 3.47. The lowest BCUT2D eigenvalue weighted by atomic mass is 10.1. The van der Waals surface area contributed by atoms with Crippen LogP contribution in [0.5, 0.6) is 0 Å². The molecule has 0 saturated carbocycles. The Morgan fingerprint density at radius 3 is 2.16 bits per heavy atom. The Morgan fingerprint density at radius 1 is 1.00 bits per heavy atom. The van der Waals surface area contributed by atoms with Gasteiger partial charge < -0.3 is 15.0 Å². The number of carbonyl (C=O) groups excluding carboxylic acids is 1. The molecule has 0 spiro atoms. The summed E-state index contributed by atoms with van der Waals surface area (Å²) in [6, 6.07) is 14.4. The van der Waals surface area contributed by atoms with Crippen molar-refractivity contribution in [1.29, 1.82) is 0 Å². The molecule has 1 heterocycles. The number of sulfonamides is 1. The van der Waals surface area contributed by atoms with Crippen LogP contribution in [0, 0.1) is 0 Å². The van der Waals surface area contributed by atoms with E-state index in [0.29, 0.717) is 16.9 Å². The number of rotatable bonds is 6. The third-order valence-corrected chi connectivity index (χ3v) is 7.32. The van der Waals surface area contributed by atoms with E-state index in [2.05, 4.69) is 35.7 Å². The van der Waals surface area contributed by atoms with Crippen LogP contribution in [0.15, 0.2) is 48.5 Å². The van der Waals surface area contributed by atoms with E-state index >= 15 is 0 Å². The predicted octanol–water partition coefficient (Wildman–Crippen LogP) is 4.09. The maximum Gasteiger partial charge on any atom is 0.255 e. The number of hydrogen-bond acceptors (Lipinski definition) is 5. The molecule has 2 N–H and O–H groups in total. The van der Waals surface area contributed by atoms with Gasteiger partial charge in [-0.2, -0.15) is 0 Å². The van der Waals surface area contributed by atoms with Gasteiger partial charge in [-0.3, -0.25) is 9.52 Å². The minimum Gasteiger partial charge on any atom is -0.372 e. The standard InChI is InChI=1S/C23H31N3O4S/c1-15(2)31(28,29)25-21-8-6-19(7-9-21)23(27)24-20-10-12-22(13-11-20)26-14-16(3)30-18(5)17(26)4/h6-13,15-18,25H,14H2,1-5H3,(H,24,27). The highest BCUT2D eigenvalue weighted by Crippen LogP contribution is 2.26. The lowest BCUT2D eigenvalue weighted by Crippen LogP contribution is -2.52. The van der Waals surface area contributed by atoms with Gasteiger partial charge in [0.2, 0.25) is 10.0 Å². The highest BCUT2D eigenvalue weighted by molar-refractivity contribution is 7.93. The summed E-state index contributed by atoms with van der Waals surface area (Å²) in [5.41, 5.74) is 2.66. The molecule has 0 aliphatic carbocycles. The number of nitrogens with one attached hydrogen (secondary N) is 2. The molecule has 3 rings (SSSR count). The van der Waals surface area contributed by atoms with Gasteiger partial charge in [0.05, 0.1) is 23.5 Å². The summed E-state index contributed by atoms with van der Waals surface area (Å²) in [5, 5.41) is 2.35. The average Bonchev–Trinajstić information content (AvgIpc) is 2.71. The van der Waals surface area contributed by atoms with Crippen LogP contribution in [0.2, 0.25) is 0 Å². The molecule has 0 aromatic heterocycles. The van der Waals surface area contributed by atoms with Crippen molar-refractivity contribution in [1.82, 2.24) is 0 Å². The molecule has 2 aromatic rings. The SMILES string of the molecule is CC1CN(c2ccc(NC(=O)c3ccc(NS(=O)(=O)C(C)C)cc3)cc2)C(C)C(C)O1. The third kappa shape index (κ3) is 5.57. The summed E-state index contributed by atoms with van der Waals surface area (Å²) in [4.78, 5) is 14.9. The molecule has 8 heteroatoms. The van der Waals surface area contributed by atoms with Crippen molar-refractivity contribution < 1.29 is 17.9 Å². The van der Waals surface area contributed by atoms with Crippen molar-refractivity contribution >= 4 is 33.0 Å². The fraction of sp³-hybridized carbons (Fsp3) is 0.435. The predicted molar refractivity (Wildman–Crippen MR) is 125 cm³/mol. The number of hydrogen-bond donors (Lipinski definition) is 2. The van der Waals surface area contributed by atoms with E-state index < -0.39 is 15.3 Å². The first-order valence-corrected chi connectivity index (χ1v) is 12.1. The summed E-state index contributed by atoms with van der Waals surface area (Å²) in [6.07, 6.45) is 0.315. The highest BCUT2D eigenvalue weighted by atomic mass is 32.2. The largest absolute Gasteiger partial charge is 0.372 e. The number of amides is 1. The van der Waals surface area contributed by atoms with Crippen molar-refractivity contribution in [3.8, 4) is 0 Å². The second kappa shape index (κ2) is 9.28. The van der Waals surface area contributed by atoms with Gasteiger partial charge in [-0.25, -0.2) is 8.42 Å². The Balaban J connectivity index is 1.64. The average molecular weight is 446 g/mol. The van der Waals surface area contributed by atoms with Gasteiger partial charge in [-0.15, -0.1) is 0 Å². The molecule has 1 amide bonds. The lowest BCUT2D eigenvalue weighted by Gasteiger charge is -2.42. The third-order valence-electron chi connectivity index (χ3n) is 5.56. The molecule has 1 aliphatic rings. The zero-order valence-electron chi connectivity index (χ0n) is 18.6. The van der Waals surface area contributed by atoms with Crippen molar-refractivity contribution in [3.63, 3.8) is 0 Å². The Labute approximate surface area is 184 Å². The summed E-state index contributed by atoms with van der Waals surface area (Å²) in [6.45, 7) is 10.3. The van der Waals surface area contributed by atoms with Crippen LogP contribution in [0.4, 0.5) is 17.1 Å². The Hall–Kier alpha value is -2.58. The molecule has 1 saturated heterocycles. The van der Waals surface area contributed by atoms with Crippen molar-refractivity contribution in [2.45, 2.75) is 58.1 Å². The molecule has 7 nitrogen and oxygen atoms in total. The number of carbonyl (C=O) groups is 1. The van der Waals surface area contributed by atoms with Crippen molar-refractivity contribution in [2.75, 3.05) is 21.5 Å². The van der Waals surface area contributed by atoms with Crippen LogP contribution in [-0.4, -0.2) is 44.4 Å². The van der Waals surface area contributed by atoms with Crippen molar-refractivity contribution in [2.24, 2.45) is 0 Å². The number of nitrogens with zero attached hydrogens (tertiary/aromatic N) is 1. The molecule has 1 fully saturated rings. The molecule has 168 valence electrons. The smallest absolute Gasteiger partial charge is 0.255 e. The van der Waals surface area contributed by atoms with E-state index in [1.807, 2.05) is 24.3 Å². The Kier molecular flexibility index (Phi) is 6.91. The highest BCUT2D eigenvalue weighted by Gasteiger charge is 2.29. The zero-order chi connectivity index (χ0) is 22.8. The Bertz CT molecular complexity index is 1000. The van der Waals surface area contributed by atoms with Gasteiger partial charge in [-0.05, 0) is 83.1 Å². The molecule has 3 unspecified atom stereocenters. The van der Waals surface area contributed by atoms with Crippen LogP contribution in [0.25, 0.3) is 0 Å². The van der Waals surface area contributed by atoms with Gasteiger partial charge in [-0.1, -0.05) is 0 Å². The first-order valence-electron chi connectivity index (χ1n) is 10.5. The molecule has 3 atom stereocenters. The van der Waals surface area contributed by atoms with Crippen LogP contribution in [0.1, 0.15) is 45.0 Å². The molecule has 0 bridgehead atoms. The first-order chi connectivity index (χ1) is 14.6.